The summed E-state index contributed by atoms with van der Waals surface area (Å²) < 4.78 is 0. The van der Waals surface area contributed by atoms with Crippen molar-refractivity contribution in [3.63, 3.8) is 0 Å². The number of guanidine groups is 1. The van der Waals surface area contributed by atoms with Crippen LogP contribution in [0, 0.1) is 0 Å². The molecule has 1 rings (SSSR count). The average Bonchev–Trinajstić information content (AvgIpc) is 2.73. The smallest absolute Gasteiger partial charge is 0.326 e. The zero-order chi connectivity index (χ0) is 24.1. The summed E-state index contributed by atoms with van der Waals surface area (Å²) in [7, 11) is 0. The molecule has 3 unspecified atom stereocenters. The van der Waals surface area contributed by atoms with Gasteiger partial charge < -0.3 is 38.0 Å². The van der Waals surface area contributed by atoms with Crippen LogP contribution < -0.4 is 27.8 Å². The van der Waals surface area contributed by atoms with E-state index in [9.17, 15) is 24.3 Å². The number of benzene rings is 1. The summed E-state index contributed by atoms with van der Waals surface area (Å²) in [6.07, 6.45) is 0.0178. The number of carbonyl (C=O) groups is 4. The molecule has 0 aliphatic carbocycles. The summed E-state index contributed by atoms with van der Waals surface area (Å²) in [5, 5.41) is 23.2. The number of nitrogens with zero attached hydrogens (tertiary/aromatic N) is 1. The monoisotopic (exact) mass is 450 g/mol. The van der Waals surface area contributed by atoms with Gasteiger partial charge in [0.25, 0.3) is 0 Å². The number of nitrogens with one attached hydrogen (secondary N) is 2. The van der Waals surface area contributed by atoms with Crippen LogP contribution in [-0.4, -0.2) is 64.6 Å². The van der Waals surface area contributed by atoms with Gasteiger partial charge in [0.1, 0.15) is 12.1 Å². The third-order valence-corrected chi connectivity index (χ3v) is 4.48. The number of hydrogen-bond donors (Lipinski definition) is 7. The molecular formula is C20H30N6O6. The van der Waals surface area contributed by atoms with Gasteiger partial charge in [-0.05, 0) is 24.8 Å². The predicted molar refractivity (Wildman–Crippen MR) is 116 cm³/mol. The Labute approximate surface area is 185 Å². The van der Waals surface area contributed by atoms with Crippen molar-refractivity contribution in [2.45, 2.75) is 50.2 Å². The van der Waals surface area contributed by atoms with Crippen LogP contribution >= 0.6 is 0 Å². The predicted octanol–water partition coefficient (Wildman–Crippen LogP) is -1.47. The molecule has 12 heteroatoms. The SMILES string of the molecule is NC(N)=NCCCC(N)C(=O)NC(CCC(=O)O)C(=O)NC(Cc1ccccc1)C(=O)O. The molecule has 0 bridgehead atoms. The second kappa shape index (κ2) is 13.6. The van der Waals surface area contributed by atoms with Gasteiger partial charge in [0.05, 0.1) is 6.04 Å². The van der Waals surface area contributed by atoms with Crippen molar-refractivity contribution >= 4 is 29.7 Å². The van der Waals surface area contributed by atoms with Gasteiger partial charge in [-0.3, -0.25) is 19.4 Å². The van der Waals surface area contributed by atoms with Crippen molar-refractivity contribution < 1.29 is 29.4 Å². The summed E-state index contributed by atoms with van der Waals surface area (Å²) in [5.41, 5.74) is 17.0. The van der Waals surface area contributed by atoms with Gasteiger partial charge in [-0.2, -0.15) is 0 Å². The van der Waals surface area contributed by atoms with Crippen LogP contribution in [-0.2, 0) is 25.6 Å². The molecular weight excluding hydrogens is 420 g/mol. The van der Waals surface area contributed by atoms with Crippen molar-refractivity contribution in [1.29, 1.82) is 0 Å². The number of carboxylic acid groups (broad SMARTS) is 2. The van der Waals surface area contributed by atoms with E-state index in [1.54, 1.807) is 30.3 Å². The molecule has 0 radical (unpaired) electrons. The van der Waals surface area contributed by atoms with Gasteiger partial charge in [0.15, 0.2) is 5.96 Å². The molecule has 1 aromatic rings. The maximum absolute atomic E-state index is 12.7. The van der Waals surface area contributed by atoms with E-state index in [4.69, 9.17) is 22.3 Å². The molecule has 0 aliphatic rings. The van der Waals surface area contributed by atoms with E-state index in [1.807, 2.05) is 0 Å². The fourth-order valence-electron chi connectivity index (χ4n) is 2.79. The van der Waals surface area contributed by atoms with Crippen molar-refractivity contribution in [2.24, 2.45) is 22.2 Å². The topological polar surface area (TPSA) is 223 Å². The minimum atomic E-state index is -1.26. The summed E-state index contributed by atoms with van der Waals surface area (Å²) in [6.45, 7) is 0.270. The van der Waals surface area contributed by atoms with Crippen LogP contribution in [0.5, 0.6) is 0 Å². The highest BCUT2D eigenvalue weighted by Gasteiger charge is 2.28. The first-order valence-corrected chi connectivity index (χ1v) is 10.0. The number of amides is 2. The van der Waals surface area contributed by atoms with Crippen LogP contribution in [0.2, 0.25) is 0 Å². The van der Waals surface area contributed by atoms with Gasteiger partial charge in [-0.25, -0.2) is 4.79 Å². The van der Waals surface area contributed by atoms with E-state index in [2.05, 4.69) is 15.6 Å². The first kappa shape index (κ1) is 26.4. The minimum Gasteiger partial charge on any atom is -0.481 e. The molecule has 176 valence electrons. The molecule has 0 saturated carbocycles. The molecule has 12 nitrogen and oxygen atoms in total. The standard InChI is InChI=1S/C20H30N6O6/c21-13(7-4-10-24-20(22)23)17(29)25-14(8-9-16(27)28)18(30)26-15(19(31)32)11-12-5-2-1-3-6-12/h1-3,5-6,13-15H,4,7-11,21H2,(H,25,29)(H,26,30)(H,27,28)(H,31,32)(H4,22,23,24). The van der Waals surface area contributed by atoms with Crippen LogP contribution in [0.25, 0.3) is 0 Å². The van der Waals surface area contributed by atoms with Crippen molar-refractivity contribution in [2.75, 3.05) is 6.54 Å². The normalized spacial score (nSPS) is 13.3. The zero-order valence-corrected chi connectivity index (χ0v) is 17.6. The molecule has 1 aromatic carbocycles. The lowest BCUT2D eigenvalue weighted by Gasteiger charge is -2.22. The van der Waals surface area contributed by atoms with E-state index < -0.39 is 48.3 Å². The quantitative estimate of drug-likeness (QED) is 0.0996. The second-order valence-electron chi connectivity index (χ2n) is 7.14. The van der Waals surface area contributed by atoms with Gasteiger partial charge in [-0.15, -0.1) is 0 Å². The molecule has 0 saturated heterocycles. The molecule has 0 fully saturated rings. The Kier molecular flexibility index (Phi) is 11.2. The second-order valence-corrected chi connectivity index (χ2v) is 7.14. The van der Waals surface area contributed by atoms with Crippen LogP contribution in [0.4, 0.5) is 0 Å². The average molecular weight is 450 g/mol. The van der Waals surface area contributed by atoms with E-state index in [0.717, 1.165) is 0 Å². The Morgan fingerprint density at radius 1 is 0.938 bits per heavy atom. The Balaban J connectivity index is 2.78. The molecule has 0 aliphatic heterocycles. The number of rotatable bonds is 14. The van der Waals surface area contributed by atoms with Crippen LogP contribution in [0.15, 0.2) is 35.3 Å². The summed E-state index contributed by atoms with van der Waals surface area (Å²) >= 11 is 0. The highest BCUT2D eigenvalue weighted by molar-refractivity contribution is 5.92. The molecule has 3 atom stereocenters. The summed E-state index contributed by atoms with van der Waals surface area (Å²) in [4.78, 5) is 51.4. The number of carbonyl (C=O) groups excluding carboxylic acids is 2. The molecule has 10 N–H and O–H groups in total. The van der Waals surface area contributed by atoms with Gasteiger partial charge in [0, 0.05) is 19.4 Å². The minimum absolute atomic E-state index is 0.0197. The van der Waals surface area contributed by atoms with E-state index in [1.165, 1.54) is 0 Å². The van der Waals surface area contributed by atoms with Gasteiger partial charge in [0.2, 0.25) is 11.8 Å². The van der Waals surface area contributed by atoms with Crippen LogP contribution in [0.1, 0.15) is 31.2 Å². The summed E-state index contributed by atoms with van der Waals surface area (Å²) in [6, 6.07) is 5.17. The highest BCUT2D eigenvalue weighted by atomic mass is 16.4. The first-order valence-electron chi connectivity index (χ1n) is 10.0. The van der Waals surface area contributed by atoms with Crippen LogP contribution in [0.3, 0.4) is 0 Å². The van der Waals surface area contributed by atoms with Gasteiger partial charge >= 0.3 is 11.9 Å². The first-order chi connectivity index (χ1) is 15.1. The van der Waals surface area contributed by atoms with Crippen molar-refractivity contribution in [1.82, 2.24) is 10.6 Å². The van der Waals surface area contributed by atoms with Crippen molar-refractivity contribution in [3.8, 4) is 0 Å². The fourth-order valence-corrected chi connectivity index (χ4v) is 2.79. The lowest BCUT2D eigenvalue weighted by molar-refractivity contribution is -0.143. The van der Waals surface area contributed by atoms with Crippen molar-refractivity contribution in [3.05, 3.63) is 35.9 Å². The lowest BCUT2D eigenvalue weighted by atomic mass is 10.0. The van der Waals surface area contributed by atoms with E-state index in [0.29, 0.717) is 12.0 Å². The number of hydrogen-bond acceptors (Lipinski definition) is 6. The Morgan fingerprint density at radius 2 is 1.56 bits per heavy atom. The third-order valence-electron chi connectivity index (χ3n) is 4.48. The van der Waals surface area contributed by atoms with E-state index in [-0.39, 0.29) is 31.8 Å². The zero-order valence-electron chi connectivity index (χ0n) is 17.6. The largest absolute Gasteiger partial charge is 0.481 e. The molecule has 0 heterocycles. The summed E-state index contributed by atoms with van der Waals surface area (Å²) in [5.74, 6) is -4.00. The molecule has 2 amide bonds. The lowest BCUT2D eigenvalue weighted by Crippen LogP contribution is -2.55. The maximum atomic E-state index is 12.7. The third kappa shape index (κ3) is 10.4. The number of aliphatic carboxylic acids is 2. The van der Waals surface area contributed by atoms with E-state index >= 15 is 0 Å². The fraction of sp³-hybridized carbons (Fsp3) is 0.450. The Bertz CT molecular complexity index is 812. The number of aliphatic imine (C=N–C) groups is 1. The molecule has 0 aromatic heterocycles. The number of nitrogens with two attached hydrogens (primary N) is 3. The highest BCUT2D eigenvalue weighted by Crippen LogP contribution is 2.06. The number of carboxylic acids is 2. The maximum Gasteiger partial charge on any atom is 0.326 e. The van der Waals surface area contributed by atoms with Gasteiger partial charge in [-0.1, -0.05) is 30.3 Å². The molecule has 32 heavy (non-hydrogen) atoms. The molecule has 0 spiro atoms. The Hall–Kier alpha value is -3.67. The Morgan fingerprint density at radius 3 is 2.12 bits per heavy atom.